The fourth-order valence-electron chi connectivity index (χ4n) is 2.40. The van der Waals surface area contributed by atoms with Crippen molar-refractivity contribution in [3.8, 4) is 16.9 Å². The molecule has 0 saturated heterocycles. The average molecular weight is 336 g/mol. The fourth-order valence-corrected chi connectivity index (χ4v) is 2.40. The van der Waals surface area contributed by atoms with Crippen LogP contribution in [0.1, 0.15) is 11.1 Å². The first-order valence-electron chi connectivity index (χ1n) is 7.73. The smallest absolute Gasteiger partial charge is 0.243 e. The Morgan fingerprint density at radius 3 is 2.72 bits per heavy atom. The van der Waals surface area contributed by atoms with Crippen LogP contribution in [0.2, 0.25) is 0 Å². The lowest BCUT2D eigenvalue weighted by molar-refractivity contribution is -0.116. The van der Waals surface area contributed by atoms with Crippen molar-refractivity contribution >= 4 is 5.91 Å². The minimum Gasteiger partial charge on any atom is -0.348 e. The van der Waals surface area contributed by atoms with Gasteiger partial charge in [0.1, 0.15) is 5.82 Å². The van der Waals surface area contributed by atoms with Gasteiger partial charge >= 0.3 is 0 Å². The third kappa shape index (κ3) is 3.80. The standard InChI is InChI=1S/C19H17FN4O/c1-3-19(25)22-11-15-10-21-17(14-4-6-16(20)7-5-14)8-18(15)24-12-13(2)9-23-24/h3-10,12H,1,11H2,2H3,(H,22,25). The number of carbonyl (C=O) groups excluding carboxylic acids is 1. The highest BCUT2D eigenvalue weighted by Gasteiger charge is 2.11. The number of hydrogen-bond acceptors (Lipinski definition) is 3. The molecule has 0 aliphatic carbocycles. The minimum atomic E-state index is -0.296. The maximum Gasteiger partial charge on any atom is 0.243 e. The average Bonchev–Trinajstić information content (AvgIpc) is 3.06. The third-order valence-corrected chi connectivity index (χ3v) is 3.70. The lowest BCUT2D eigenvalue weighted by Gasteiger charge is -2.12. The van der Waals surface area contributed by atoms with Crippen LogP contribution in [0.4, 0.5) is 4.39 Å². The molecule has 0 unspecified atom stereocenters. The topological polar surface area (TPSA) is 59.8 Å². The van der Waals surface area contributed by atoms with Crippen LogP contribution in [0, 0.1) is 12.7 Å². The van der Waals surface area contributed by atoms with Crippen molar-refractivity contribution in [3.05, 3.63) is 78.5 Å². The molecule has 3 aromatic rings. The number of aromatic nitrogens is 3. The molecule has 0 aliphatic heterocycles. The molecule has 0 atom stereocenters. The Kier molecular flexibility index (Phi) is 4.70. The minimum absolute atomic E-state index is 0.259. The quantitative estimate of drug-likeness (QED) is 0.728. The predicted octanol–water partition coefficient (Wildman–Crippen LogP) is 3.18. The van der Waals surface area contributed by atoms with E-state index in [-0.39, 0.29) is 11.7 Å². The molecule has 0 radical (unpaired) electrons. The van der Waals surface area contributed by atoms with Gasteiger partial charge < -0.3 is 5.32 Å². The van der Waals surface area contributed by atoms with Gasteiger partial charge in [-0.25, -0.2) is 9.07 Å². The lowest BCUT2D eigenvalue weighted by Crippen LogP contribution is -2.21. The van der Waals surface area contributed by atoms with E-state index in [1.54, 1.807) is 29.2 Å². The van der Waals surface area contributed by atoms with Gasteiger partial charge in [-0.1, -0.05) is 6.58 Å². The summed E-state index contributed by atoms with van der Waals surface area (Å²) in [6.07, 6.45) is 6.55. The van der Waals surface area contributed by atoms with E-state index < -0.39 is 0 Å². The molecule has 2 aromatic heterocycles. The molecular formula is C19H17FN4O. The van der Waals surface area contributed by atoms with E-state index in [4.69, 9.17) is 0 Å². The van der Waals surface area contributed by atoms with Crippen LogP contribution in [0.5, 0.6) is 0 Å². The second-order valence-electron chi connectivity index (χ2n) is 5.59. The highest BCUT2D eigenvalue weighted by molar-refractivity contribution is 5.86. The summed E-state index contributed by atoms with van der Waals surface area (Å²) in [6.45, 7) is 5.69. The first-order valence-corrected chi connectivity index (χ1v) is 7.73. The molecule has 0 aliphatic rings. The number of halogens is 1. The van der Waals surface area contributed by atoms with Crippen molar-refractivity contribution in [2.75, 3.05) is 0 Å². The van der Waals surface area contributed by atoms with Crippen LogP contribution in [0.15, 0.2) is 61.6 Å². The number of nitrogens with zero attached hydrogens (tertiary/aromatic N) is 3. The Bertz CT molecular complexity index is 915. The largest absolute Gasteiger partial charge is 0.348 e. The van der Waals surface area contributed by atoms with E-state index in [2.05, 4.69) is 22.0 Å². The maximum atomic E-state index is 13.1. The van der Waals surface area contributed by atoms with Crippen molar-refractivity contribution in [3.63, 3.8) is 0 Å². The molecule has 0 saturated carbocycles. The van der Waals surface area contributed by atoms with Gasteiger partial charge in [0.25, 0.3) is 0 Å². The van der Waals surface area contributed by atoms with Crippen molar-refractivity contribution in [2.45, 2.75) is 13.5 Å². The third-order valence-electron chi connectivity index (χ3n) is 3.70. The second-order valence-corrected chi connectivity index (χ2v) is 5.59. The molecule has 2 heterocycles. The van der Waals surface area contributed by atoms with Gasteiger partial charge in [-0.2, -0.15) is 5.10 Å². The Morgan fingerprint density at radius 1 is 1.32 bits per heavy atom. The molecule has 1 amide bonds. The zero-order valence-electron chi connectivity index (χ0n) is 13.7. The summed E-state index contributed by atoms with van der Waals surface area (Å²) in [6, 6.07) is 8.01. The second kappa shape index (κ2) is 7.09. The van der Waals surface area contributed by atoms with Gasteiger partial charge in [-0.15, -0.1) is 0 Å². The molecule has 126 valence electrons. The van der Waals surface area contributed by atoms with Crippen LogP contribution >= 0.6 is 0 Å². The Labute approximate surface area is 144 Å². The molecule has 0 fully saturated rings. The van der Waals surface area contributed by atoms with Crippen LogP contribution in [0.3, 0.4) is 0 Å². The molecular weight excluding hydrogens is 319 g/mol. The SMILES string of the molecule is C=CC(=O)NCc1cnc(-c2ccc(F)cc2)cc1-n1cc(C)cn1. The highest BCUT2D eigenvalue weighted by Crippen LogP contribution is 2.23. The Hall–Kier alpha value is -3.28. The summed E-state index contributed by atoms with van der Waals surface area (Å²) < 4.78 is 14.9. The summed E-state index contributed by atoms with van der Waals surface area (Å²) in [5.41, 5.74) is 4.12. The van der Waals surface area contributed by atoms with Crippen LogP contribution in [-0.2, 0) is 11.3 Å². The van der Waals surface area contributed by atoms with Gasteiger partial charge in [-0.3, -0.25) is 9.78 Å². The fraction of sp³-hybridized carbons (Fsp3) is 0.105. The number of nitrogens with one attached hydrogen (secondary N) is 1. The van der Waals surface area contributed by atoms with E-state index in [0.717, 1.165) is 22.4 Å². The number of hydrogen-bond donors (Lipinski definition) is 1. The number of aryl methyl sites for hydroxylation is 1. The monoisotopic (exact) mass is 336 g/mol. The molecule has 1 aromatic carbocycles. The van der Waals surface area contributed by atoms with Crippen molar-refractivity contribution in [1.29, 1.82) is 0 Å². The molecule has 25 heavy (non-hydrogen) atoms. The number of carbonyl (C=O) groups is 1. The van der Waals surface area contributed by atoms with Crippen LogP contribution in [0.25, 0.3) is 16.9 Å². The van der Waals surface area contributed by atoms with Gasteiger partial charge in [0.05, 0.1) is 17.6 Å². The van der Waals surface area contributed by atoms with Gasteiger partial charge in [0.2, 0.25) is 5.91 Å². The normalized spacial score (nSPS) is 10.5. The van der Waals surface area contributed by atoms with E-state index in [1.165, 1.54) is 18.2 Å². The number of amides is 1. The molecule has 0 bridgehead atoms. The highest BCUT2D eigenvalue weighted by atomic mass is 19.1. The Morgan fingerprint density at radius 2 is 2.08 bits per heavy atom. The van der Waals surface area contributed by atoms with Crippen LogP contribution < -0.4 is 5.32 Å². The van der Waals surface area contributed by atoms with Crippen LogP contribution in [-0.4, -0.2) is 20.7 Å². The summed E-state index contributed by atoms with van der Waals surface area (Å²) in [5, 5.41) is 7.08. The number of pyridine rings is 1. The van der Waals surface area contributed by atoms with E-state index in [0.29, 0.717) is 12.2 Å². The first kappa shape index (κ1) is 16.6. The van der Waals surface area contributed by atoms with E-state index in [9.17, 15) is 9.18 Å². The van der Waals surface area contributed by atoms with Crippen molar-refractivity contribution < 1.29 is 9.18 Å². The Balaban J connectivity index is 2.02. The predicted molar refractivity (Wildman–Crippen MR) is 93.5 cm³/mol. The van der Waals surface area contributed by atoms with Gasteiger partial charge in [-0.05, 0) is 48.9 Å². The molecule has 5 nitrogen and oxygen atoms in total. The zero-order chi connectivity index (χ0) is 17.8. The lowest BCUT2D eigenvalue weighted by atomic mass is 10.1. The number of rotatable bonds is 5. The molecule has 1 N–H and O–H groups in total. The first-order chi connectivity index (χ1) is 12.1. The van der Waals surface area contributed by atoms with E-state index >= 15 is 0 Å². The zero-order valence-corrected chi connectivity index (χ0v) is 13.7. The number of benzene rings is 1. The van der Waals surface area contributed by atoms with E-state index in [1.807, 2.05) is 19.2 Å². The maximum absolute atomic E-state index is 13.1. The van der Waals surface area contributed by atoms with Crippen molar-refractivity contribution in [1.82, 2.24) is 20.1 Å². The summed E-state index contributed by atoms with van der Waals surface area (Å²) in [7, 11) is 0. The van der Waals surface area contributed by atoms with Crippen molar-refractivity contribution in [2.24, 2.45) is 0 Å². The summed E-state index contributed by atoms with van der Waals surface area (Å²) in [5.74, 6) is -0.555. The van der Waals surface area contributed by atoms with Gasteiger partial charge in [0, 0.05) is 30.1 Å². The summed E-state index contributed by atoms with van der Waals surface area (Å²) in [4.78, 5) is 15.9. The molecule has 6 heteroatoms. The molecule has 0 spiro atoms. The molecule has 3 rings (SSSR count). The van der Waals surface area contributed by atoms with Gasteiger partial charge in [0.15, 0.2) is 0 Å². The summed E-state index contributed by atoms with van der Waals surface area (Å²) >= 11 is 0.